The van der Waals surface area contributed by atoms with Crippen LogP contribution in [0.4, 0.5) is 5.82 Å². The summed E-state index contributed by atoms with van der Waals surface area (Å²) in [6, 6.07) is 2.84. The fraction of sp³-hybridized carbons (Fsp3) is 0.643. The number of aryl methyl sites for hydroxylation is 1. The Labute approximate surface area is 104 Å². The summed E-state index contributed by atoms with van der Waals surface area (Å²) in [5.74, 6) is 1.29. The number of nitrogens with one attached hydrogen (secondary N) is 1. The van der Waals surface area contributed by atoms with Crippen molar-refractivity contribution in [2.45, 2.75) is 51.0 Å². The highest BCUT2D eigenvalue weighted by Gasteiger charge is 2.22. The van der Waals surface area contributed by atoms with Crippen LogP contribution in [-0.2, 0) is 0 Å². The molecule has 0 bridgehead atoms. The highest BCUT2D eigenvalue weighted by atomic mass is 14.9. The van der Waals surface area contributed by atoms with Crippen LogP contribution in [-0.4, -0.2) is 18.1 Å². The normalized spacial score (nSPS) is 25.5. The maximum absolute atomic E-state index is 6.03. The molecule has 0 spiro atoms. The van der Waals surface area contributed by atoms with Gasteiger partial charge in [-0.25, -0.2) is 4.98 Å². The molecule has 94 valence electrons. The second kappa shape index (κ2) is 5.50. The van der Waals surface area contributed by atoms with Crippen molar-refractivity contribution in [2.75, 3.05) is 12.8 Å². The molecule has 17 heavy (non-hydrogen) atoms. The first-order valence-electron chi connectivity index (χ1n) is 6.60. The number of rotatable bonds is 2. The summed E-state index contributed by atoms with van der Waals surface area (Å²) >= 11 is 0. The van der Waals surface area contributed by atoms with E-state index in [1.807, 2.05) is 6.20 Å². The minimum atomic E-state index is 0.572. The first-order chi connectivity index (χ1) is 8.20. The summed E-state index contributed by atoms with van der Waals surface area (Å²) in [5, 5.41) is 3.42. The Morgan fingerprint density at radius 3 is 2.88 bits per heavy atom. The number of nitrogen functional groups attached to an aromatic ring is 1. The summed E-state index contributed by atoms with van der Waals surface area (Å²) in [6.45, 7) is 2.09. The molecule has 2 unspecified atom stereocenters. The van der Waals surface area contributed by atoms with E-state index in [4.69, 9.17) is 5.73 Å². The Bertz CT molecular complexity index is 376. The second-order valence-electron chi connectivity index (χ2n) is 5.19. The van der Waals surface area contributed by atoms with Gasteiger partial charge in [0.1, 0.15) is 5.82 Å². The van der Waals surface area contributed by atoms with E-state index in [9.17, 15) is 0 Å². The summed E-state index contributed by atoms with van der Waals surface area (Å²) in [7, 11) is 2.06. The van der Waals surface area contributed by atoms with Crippen LogP contribution in [0.15, 0.2) is 12.3 Å². The van der Waals surface area contributed by atoms with Crippen molar-refractivity contribution in [1.82, 2.24) is 10.3 Å². The molecule has 0 amide bonds. The lowest BCUT2D eigenvalue weighted by atomic mass is 9.90. The molecule has 0 aromatic carbocycles. The maximum atomic E-state index is 6.03. The maximum Gasteiger partial charge on any atom is 0.126 e. The number of nitrogens with zero attached hydrogens (tertiary/aromatic N) is 1. The van der Waals surface area contributed by atoms with Crippen LogP contribution >= 0.6 is 0 Å². The third-order valence-electron chi connectivity index (χ3n) is 3.86. The van der Waals surface area contributed by atoms with E-state index in [1.54, 1.807) is 0 Å². The zero-order valence-corrected chi connectivity index (χ0v) is 10.9. The Morgan fingerprint density at radius 1 is 1.35 bits per heavy atom. The largest absolute Gasteiger partial charge is 0.383 e. The number of anilines is 1. The molecule has 1 aliphatic rings. The van der Waals surface area contributed by atoms with Gasteiger partial charge in [-0.15, -0.1) is 0 Å². The predicted octanol–water partition coefficient (Wildman–Crippen LogP) is 2.61. The fourth-order valence-electron chi connectivity index (χ4n) is 2.83. The molecule has 1 aliphatic carbocycles. The number of hydrogen-bond acceptors (Lipinski definition) is 3. The van der Waals surface area contributed by atoms with Gasteiger partial charge < -0.3 is 11.1 Å². The Balaban J connectivity index is 2.21. The summed E-state index contributed by atoms with van der Waals surface area (Å²) in [4.78, 5) is 4.29. The van der Waals surface area contributed by atoms with Crippen molar-refractivity contribution in [1.29, 1.82) is 0 Å². The topological polar surface area (TPSA) is 50.9 Å². The molecule has 2 rings (SSSR count). The van der Waals surface area contributed by atoms with Crippen molar-refractivity contribution in [2.24, 2.45) is 0 Å². The minimum Gasteiger partial charge on any atom is -0.383 e. The quantitative estimate of drug-likeness (QED) is 0.772. The molecule has 1 aromatic rings. The molecule has 0 radical (unpaired) electrons. The van der Waals surface area contributed by atoms with Crippen LogP contribution in [0.1, 0.15) is 49.1 Å². The Kier molecular flexibility index (Phi) is 4.00. The number of hydrogen-bond donors (Lipinski definition) is 2. The van der Waals surface area contributed by atoms with Gasteiger partial charge >= 0.3 is 0 Å². The predicted molar refractivity (Wildman–Crippen MR) is 72.1 cm³/mol. The van der Waals surface area contributed by atoms with Crippen molar-refractivity contribution in [3.63, 3.8) is 0 Å². The zero-order chi connectivity index (χ0) is 12.3. The number of aromatic nitrogens is 1. The molecule has 1 saturated carbocycles. The lowest BCUT2D eigenvalue weighted by Gasteiger charge is -2.21. The monoisotopic (exact) mass is 233 g/mol. The third kappa shape index (κ3) is 2.97. The van der Waals surface area contributed by atoms with E-state index in [1.165, 1.54) is 43.2 Å². The van der Waals surface area contributed by atoms with Gasteiger partial charge in [0.05, 0.1) is 0 Å². The van der Waals surface area contributed by atoms with Gasteiger partial charge in [-0.05, 0) is 50.3 Å². The summed E-state index contributed by atoms with van der Waals surface area (Å²) < 4.78 is 0. The molecule has 0 aliphatic heterocycles. The second-order valence-corrected chi connectivity index (χ2v) is 5.19. The van der Waals surface area contributed by atoms with Crippen molar-refractivity contribution in [3.8, 4) is 0 Å². The van der Waals surface area contributed by atoms with Crippen LogP contribution in [0.2, 0.25) is 0 Å². The zero-order valence-electron chi connectivity index (χ0n) is 10.9. The standard InChI is InChI=1S/C14H23N3/c1-10-7-13(14(15)17-9-10)11-5-3-4-6-12(8-11)16-2/h7,9,11-12,16H,3-6,8H2,1-2H3,(H2,15,17). The molecular weight excluding hydrogens is 210 g/mol. The van der Waals surface area contributed by atoms with Crippen LogP contribution in [0.3, 0.4) is 0 Å². The summed E-state index contributed by atoms with van der Waals surface area (Å²) in [5.41, 5.74) is 8.49. The number of nitrogens with two attached hydrogens (primary N) is 1. The fourth-order valence-corrected chi connectivity index (χ4v) is 2.83. The van der Waals surface area contributed by atoms with Gasteiger partial charge in [-0.1, -0.05) is 18.9 Å². The van der Waals surface area contributed by atoms with Crippen molar-refractivity contribution >= 4 is 5.82 Å². The highest BCUT2D eigenvalue weighted by molar-refractivity contribution is 5.43. The van der Waals surface area contributed by atoms with E-state index in [0.29, 0.717) is 12.0 Å². The minimum absolute atomic E-state index is 0.572. The van der Waals surface area contributed by atoms with Crippen molar-refractivity contribution < 1.29 is 0 Å². The average molecular weight is 233 g/mol. The van der Waals surface area contributed by atoms with E-state index in [-0.39, 0.29) is 0 Å². The van der Waals surface area contributed by atoms with E-state index >= 15 is 0 Å². The van der Waals surface area contributed by atoms with Crippen LogP contribution in [0.5, 0.6) is 0 Å². The highest BCUT2D eigenvalue weighted by Crippen LogP contribution is 2.34. The first kappa shape index (κ1) is 12.4. The smallest absolute Gasteiger partial charge is 0.126 e. The molecule has 2 atom stereocenters. The van der Waals surface area contributed by atoms with Crippen LogP contribution in [0, 0.1) is 6.92 Å². The van der Waals surface area contributed by atoms with E-state index in [0.717, 1.165) is 5.82 Å². The lowest BCUT2D eigenvalue weighted by molar-refractivity contribution is 0.471. The van der Waals surface area contributed by atoms with Gasteiger partial charge in [0.15, 0.2) is 0 Å². The SMILES string of the molecule is CNC1CCCCC(c2cc(C)cnc2N)C1. The van der Waals surface area contributed by atoms with Gasteiger partial charge in [-0.2, -0.15) is 0 Å². The molecule has 0 saturated heterocycles. The van der Waals surface area contributed by atoms with E-state index in [2.05, 4.69) is 30.3 Å². The summed E-state index contributed by atoms with van der Waals surface area (Å²) in [6.07, 6.45) is 8.19. The molecule has 1 aromatic heterocycles. The molecule has 3 heteroatoms. The first-order valence-corrected chi connectivity index (χ1v) is 6.60. The molecule has 3 nitrogen and oxygen atoms in total. The number of pyridine rings is 1. The van der Waals surface area contributed by atoms with Gasteiger partial charge in [0.2, 0.25) is 0 Å². The van der Waals surface area contributed by atoms with E-state index < -0.39 is 0 Å². The average Bonchev–Trinajstić information content (AvgIpc) is 2.57. The third-order valence-corrected chi connectivity index (χ3v) is 3.86. The van der Waals surface area contributed by atoms with Gasteiger partial charge in [0, 0.05) is 12.2 Å². The van der Waals surface area contributed by atoms with Crippen LogP contribution in [0.25, 0.3) is 0 Å². The van der Waals surface area contributed by atoms with Gasteiger partial charge in [-0.3, -0.25) is 0 Å². The molecular formula is C14H23N3. The molecule has 1 heterocycles. The lowest BCUT2D eigenvalue weighted by Crippen LogP contribution is -2.26. The Morgan fingerprint density at radius 2 is 2.12 bits per heavy atom. The van der Waals surface area contributed by atoms with Gasteiger partial charge in [0.25, 0.3) is 0 Å². The van der Waals surface area contributed by atoms with Crippen LogP contribution < -0.4 is 11.1 Å². The Hall–Kier alpha value is -1.09. The van der Waals surface area contributed by atoms with Crippen molar-refractivity contribution in [3.05, 3.63) is 23.4 Å². The molecule has 3 N–H and O–H groups in total. The molecule has 1 fully saturated rings.